The maximum absolute atomic E-state index is 13.5. The number of hydrogen-bond donors (Lipinski definition) is 1. The van der Waals surface area contributed by atoms with E-state index in [1.807, 2.05) is 0 Å². The van der Waals surface area contributed by atoms with Gasteiger partial charge in [0.05, 0.1) is 40.5 Å². The Labute approximate surface area is 221 Å². The molecule has 2 aliphatic rings. The molecule has 0 spiro atoms. The topological polar surface area (TPSA) is 109 Å². The number of aromatic nitrogens is 1. The number of nitro benzene ring substituents is 1. The van der Waals surface area contributed by atoms with Crippen molar-refractivity contribution in [3.63, 3.8) is 0 Å². The zero-order valence-corrected chi connectivity index (χ0v) is 21.0. The Morgan fingerprint density at radius 3 is 2.46 bits per heavy atom. The molecule has 2 fully saturated rings. The van der Waals surface area contributed by atoms with Crippen molar-refractivity contribution in [2.45, 2.75) is 31.6 Å². The monoisotopic (exact) mass is 544 g/mol. The summed E-state index contributed by atoms with van der Waals surface area (Å²) in [6, 6.07) is 8.70. The van der Waals surface area contributed by atoms with Crippen LogP contribution in [-0.2, 0) is 17.5 Å². The molecule has 0 aliphatic carbocycles. The van der Waals surface area contributed by atoms with E-state index < -0.39 is 22.6 Å². The van der Waals surface area contributed by atoms with Gasteiger partial charge in [-0.15, -0.1) is 0 Å². The highest BCUT2D eigenvalue weighted by molar-refractivity contribution is 6.06. The van der Waals surface area contributed by atoms with Gasteiger partial charge in [-0.25, -0.2) is 9.78 Å². The van der Waals surface area contributed by atoms with E-state index >= 15 is 0 Å². The summed E-state index contributed by atoms with van der Waals surface area (Å²) in [5, 5.41) is 21.8. The number of benzene rings is 2. The number of halogens is 3. The highest BCUT2D eigenvalue weighted by Crippen LogP contribution is 2.37. The third-order valence-electron chi connectivity index (χ3n) is 7.46. The number of carboxylic acid groups (broad SMARTS) is 1. The second-order valence-electron chi connectivity index (χ2n) is 9.81. The molecule has 0 atom stereocenters. The fourth-order valence-electron chi connectivity index (χ4n) is 5.49. The van der Waals surface area contributed by atoms with Crippen molar-refractivity contribution in [2.24, 2.45) is 0 Å². The van der Waals surface area contributed by atoms with Crippen molar-refractivity contribution in [3.05, 3.63) is 69.3 Å². The highest BCUT2D eigenvalue weighted by atomic mass is 19.4. The summed E-state index contributed by atoms with van der Waals surface area (Å²) in [7, 11) is 0. The van der Waals surface area contributed by atoms with Gasteiger partial charge >= 0.3 is 12.1 Å². The van der Waals surface area contributed by atoms with Crippen LogP contribution in [0.25, 0.3) is 22.2 Å². The van der Waals surface area contributed by atoms with Gasteiger partial charge in [0, 0.05) is 54.3 Å². The van der Waals surface area contributed by atoms with Gasteiger partial charge in [0.1, 0.15) is 0 Å². The number of piperidine rings is 1. The van der Waals surface area contributed by atoms with Gasteiger partial charge in [0.25, 0.3) is 5.69 Å². The van der Waals surface area contributed by atoms with Gasteiger partial charge in [-0.05, 0) is 44.1 Å². The molecule has 206 valence electrons. The Balaban J connectivity index is 1.58. The highest BCUT2D eigenvalue weighted by Gasteiger charge is 2.32. The summed E-state index contributed by atoms with van der Waals surface area (Å²) < 4.78 is 46.0. The number of fused-ring (bicyclic) bond motifs is 1. The average molecular weight is 545 g/mol. The van der Waals surface area contributed by atoms with Crippen LogP contribution in [0.1, 0.15) is 34.3 Å². The van der Waals surface area contributed by atoms with Crippen molar-refractivity contribution < 1.29 is 32.7 Å². The number of carbonyl (C=O) groups is 1. The molecule has 12 heteroatoms. The maximum Gasteiger partial charge on any atom is 0.416 e. The number of pyridine rings is 1. The normalized spacial score (nSPS) is 17.9. The standard InChI is InChI=1S/C27H27F3N4O5/c28-27(29,30)18-3-1-2-17(14-18)25-22(16-32-8-6-19(7-9-32)33-10-12-39-13-11-33)24(26(35)36)21-15-20(34(37)38)4-5-23(21)31-25/h1-5,14-15,19H,6-13,16H2,(H,35,36). The van der Waals surface area contributed by atoms with Crippen LogP contribution in [0.5, 0.6) is 0 Å². The zero-order valence-electron chi connectivity index (χ0n) is 21.0. The van der Waals surface area contributed by atoms with E-state index in [4.69, 9.17) is 4.74 Å². The third kappa shape index (κ3) is 5.72. The predicted octanol–water partition coefficient (Wildman–Crippen LogP) is 4.82. The van der Waals surface area contributed by atoms with E-state index in [0.29, 0.717) is 32.3 Å². The number of rotatable bonds is 6. The molecule has 1 N–H and O–H groups in total. The number of carboxylic acids is 1. The largest absolute Gasteiger partial charge is 0.478 e. The minimum atomic E-state index is -4.59. The van der Waals surface area contributed by atoms with Crippen LogP contribution in [0.4, 0.5) is 18.9 Å². The molecule has 2 aromatic carbocycles. The zero-order chi connectivity index (χ0) is 27.7. The SMILES string of the molecule is O=C(O)c1c(CN2CCC(N3CCOCC3)CC2)c(-c2cccc(C(F)(F)F)c2)nc2ccc([N+](=O)[O-])cc12. The second kappa shape index (κ2) is 10.9. The first-order chi connectivity index (χ1) is 18.6. The maximum atomic E-state index is 13.5. The van der Waals surface area contributed by atoms with E-state index in [0.717, 1.165) is 44.1 Å². The third-order valence-corrected chi connectivity index (χ3v) is 7.46. The Morgan fingerprint density at radius 1 is 1.10 bits per heavy atom. The molecular weight excluding hydrogens is 517 g/mol. The first kappa shape index (κ1) is 27.0. The molecule has 2 saturated heterocycles. The van der Waals surface area contributed by atoms with Crippen molar-refractivity contribution in [3.8, 4) is 11.3 Å². The molecule has 3 aromatic rings. The number of hydrogen-bond acceptors (Lipinski definition) is 7. The van der Waals surface area contributed by atoms with Gasteiger partial charge in [0.15, 0.2) is 0 Å². The van der Waals surface area contributed by atoms with Gasteiger partial charge in [-0.1, -0.05) is 12.1 Å². The van der Waals surface area contributed by atoms with Crippen molar-refractivity contribution in [2.75, 3.05) is 39.4 Å². The Kier molecular flexibility index (Phi) is 7.52. The smallest absolute Gasteiger partial charge is 0.416 e. The Morgan fingerprint density at radius 2 is 1.82 bits per heavy atom. The quantitative estimate of drug-likeness (QED) is 0.348. The molecule has 5 rings (SSSR count). The summed E-state index contributed by atoms with van der Waals surface area (Å²) in [5.74, 6) is -1.32. The lowest BCUT2D eigenvalue weighted by atomic mass is 9.94. The number of likely N-dealkylation sites (tertiary alicyclic amines) is 1. The Hall–Kier alpha value is -3.61. The van der Waals surface area contributed by atoms with Crippen LogP contribution in [0.2, 0.25) is 0 Å². The minimum absolute atomic E-state index is 0.0747. The number of ether oxygens (including phenoxy) is 1. The summed E-state index contributed by atoms with van der Waals surface area (Å²) in [5.41, 5.74) is -0.720. The van der Waals surface area contributed by atoms with Crippen molar-refractivity contribution in [1.82, 2.24) is 14.8 Å². The lowest BCUT2D eigenvalue weighted by Crippen LogP contribution is -2.48. The van der Waals surface area contributed by atoms with Gasteiger partial charge in [-0.2, -0.15) is 13.2 Å². The predicted molar refractivity (Wildman–Crippen MR) is 136 cm³/mol. The number of alkyl halides is 3. The molecule has 39 heavy (non-hydrogen) atoms. The second-order valence-corrected chi connectivity index (χ2v) is 9.81. The lowest BCUT2D eigenvalue weighted by Gasteiger charge is -2.40. The number of nitrogens with zero attached hydrogens (tertiary/aromatic N) is 4. The summed E-state index contributed by atoms with van der Waals surface area (Å²) in [4.78, 5) is 32.4. The molecule has 1 aromatic heterocycles. The molecule has 0 amide bonds. The van der Waals surface area contributed by atoms with Crippen LogP contribution < -0.4 is 0 Å². The number of morpholine rings is 1. The van der Waals surface area contributed by atoms with E-state index in [1.165, 1.54) is 24.3 Å². The average Bonchev–Trinajstić information content (AvgIpc) is 2.92. The van der Waals surface area contributed by atoms with E-state index in [9.17, 15) is 33.2 Å². The molecule has 0 saturated carbocycles. The lowest BCUT2D eigenvalue weighted by molar-refractivity contribution is -0.384. The molecular formula is C27H27F3N4O5. The number of nitro groups is 1. The van der Waals surface area contributed by atoms with Crippen LogP contribution >= 0.6 is 0 Å². The van der Waals surface area contributed by atoms with E-state index in [2.05, 4.69) is 14.8 Å². The first-order valence-electron chi connectivity index (χ1n) is 12.7. The van der Waals surface area contributed by atoms with Gasteiger partial charge < -0.3 is 9.84 Å². The molecule has 3 heterocycles. The fourth-order valence-corrected chi connectivity index (χ4v) is 5.49. The van der Waals surface area contributed by atoms with Gasteiger partial charge in [-0.3, -0.25) is 19.9 Å². The molecule has 0 radical (unpaired) electrons. The van der Waals surface area contributed by atoms with Crippen molar-refractivity contribution in [1.29, 1.82) is 0 Å². The van der Waals surface area contributed by atoms with E-state index in [1.54, 1.807) is 0 Å². The molecule has 0 bridgehead atoms. The van der Waals surface area contributed by atoms with E-state index in [-0.39, 0.29) is 45.5 Å². The van der Waals surface area contributed by atoms with Crippen LogP contribution in [0.3, 0.4) is 0 Å². The fraction of sp³-hybridized carbons (Fsp3) is 0.407. The summed E-state index contributed by atoms with van der Waals surface area (Å²) in [6.45, 7) is 4.57. The molecule has 0 unspecified atom stereocenters. The number of aromatic carboxylic acids is 1. The molecule has 9 nitrogen and oxygen atoms in total. The van der Waals surface area contributed by atoms with Crippen LogP contribution in [-0.4, -0.2) is 76.2 Å². The summed E-state index contributed by atoms with van der Waals surface area (Å²) >= 11 is 0. The summed E-state index contributed by atoms with van der Waals surface area (Å²) in [6.07, 6.45) is -2.88. The van der Waals surface area contributed by atoms with Crippen molar-refractivity contribution >= 4 is 22.6 Å². The minimum Gasteiger partial charge on any atom is -0.478 e. The number of non-ortho nitro benzene ring substituents is 1. The molecule has 2 aliphatic heterocycles. The van der Waals surface area contributed by atoms with Gasteiger partial charge in [0.2, 0.25) is 0 Å². The first-order valence-corrected chi connectivity index (χ1v) is 12.7. The van der Waals surface area contributed by atoms with Crippen LogP contribution in [0.15, 0.2) is 42.5 Å². The van der Waals surface area contributed by atoms with Crippen LogP contribution in [0, 0.1) is 10.1 Å². The Bertz CT molecular complexity index is 1400.